The number of amidine groups is 1. The molecular weight excluding hydrogens is 372 g/mol. The second-order valence-electron chi connectivity index (χ2n) is 6.22. The number of sulfone groups is 1. The van der Waals surface area contributed by atoms with Crippen LogP contribution in [0.2, 0.25) is 5.02 Å². The van der Waals surface area contributed by atoms with E-state index >= 15 is 0 Å². The molecular formula is C18H17ClN4O2S. The van der Waals surface area contributed by atoms with Crippen LogP contribution < -0.4 is 4.90 Å². The van der Waals surface area contributed by atoms with E-state index < -0.39 is 9.84 Å². The van der Waals surface area contributed by atoms with Crippen LogP contribution >= 0.6 is 11.6 Å². The average Bonchev–Trinajstić information content (AvgIpc) is 3.12. The van der Waals surface area contributed by atoms with Gasteiger partial charge in [0.05, 0.1) is 23.8 Å². The number of hydrogen-bond acceptors (Lipinski definition) is 6. The number of halogens is 1. The molecule has 0 amide bonds. The Balaban J connectivity index is 1.63. The fourth-order valence-electron chi connectivity index (χ4n) is 3.08. The SMILES string of the molecule is O=S1(=O)CCN(c2ncccc2C2=NC(c3cccc(Cl)c3)=NC2)CC1. The van der Waals surface area contributed by atoms with Crippen LogP contribution in [0.3, 0.4) is 0 Å². The molecule has 26 heavy (non-hydrogen) atoms. The molecule has 0 atom stereocenters. The van der Waals surface area contributed by atoms with Crippen molar-refractivity contribution >= 4 is 38.8 Å². The van der Waals surface area contributed by atoms with Gasteiger partial charge in [-0.1, -0.05) is 23.7 Å². The molecule has 0 bridgehead atoms. The van der Waals surface area contributed by atoms with E-state index in [1.54, 1.807) is 6.20 Å². The van der Waals surface area contributed by atoms with E-state index in [2.05, 4.69) is 15.0 Å². The minimum Gasteiger partial charge on any atom is -0.354 e. The van der Waals surface area contributed by atoms with Crippen LogP contribution in [0.25, 0.3) is 0 Å². The van der Waals surface area contributed by atoms with E-state index in [-0.39, 0.29) is 11.5 Å². The molecule has 8 heteroatoms. The van der Waals surface area contributed by atoms with Gasteiger partial charge in [-0.05, 0) is 24.3 Å². The third kappa shape index (κ3) is 3.50. The summed E-state index contributed by atoms with van der Waals surface area (Å²) in [6.07, 6.45) is 1.72. The Morgan fingerprint density at radius 3 is 2.65 bits per heavy atom. The summed E-state index contributed by atoms with van der Waals surface area (Å²) in [5.41, 5.74) is 2.60. The summed E-state index contributed by atoms with van der Waals surface area (Å²) in [5.74, 6) is 1.72. The van der Waals surface area contributed by atoms with Gasteiger partial charge in [0.2, 0.25) is 0 Å². The lowest BCUT2D eigenvalue weighted by atomic mass is 10.1. The topological polar surface area (TPSA) is 75.0 Å². The lowest BCUT2D eigenvalue weighted by Gasteiger charge is -2.29. The molecule has 0 saturated carbocycles. The van der Waals surface area contributed by atoms with Crippen molar-refractivity contribution in [2.75, 3.05) is 36.0 Å². The molecule has 1 saturated heterocycles. The highest BCUT2D eigenvalue weighted by atomic mass is 35.5. The van der Waals surface area contributed by atoms with Gasteiger partial charge >= 0.3 is 0 Å². The zero-order valence-corrected chi connectivity index (χ0v) is 15.5. The van der Waals surface area contributed by atoms with E-state index in [0.717, 1.165) is 22.7 Å². The molecule has 0 unspecified atom stereocenters. The van der Waals surface area contributed by atoms with Crippen LogP contribution in [-0.2, 0) is 9.84 Å². The smallest absolute Gasteiger partial charge is 0.155 e. The fourth-order valence-corrected chi connectivity index (χ4v) is 4.47. The maximum Gasteiger partial charge on any atom is 0.155 e. The summed E-state index contributed by atoms with van der Waals surface area (Å²) < 4.78 is 23.4. The monoisotopic (exact) mass is 388 g/mol. The second kappa shape index (κ2) is 6.81. The predicted octanol–water partition coefficient (Wildman–Crippen LogP) is 2.22. The van der Waals surface area contributed by atoms with Crippen molar-refractivity contribution in [3.8, 4) is 0 Å². The maximum atomic E-state index is 11.7. The lowest BCUT2D eigenvalue weighted by molar-refractivity contribution is 0.586. The Bertz CT molecular complexity index is 1000. The number of aliphatic imine (C=N–C) groups is 2. The summed E-state index contributed by atoms with van der Waals surface area (Å²) in [6, 6.07) is 11.3. The maximum absolute atomic E-state index is 11.7. The van der Waals surface area contributed by atoms with Crippen LogP contribution in [0.15, 0.2) is 52.6 Å². The quantitative estimate of drug-likeness (QED) is 0.808. The van der Waals surface area contributed by atoms with Crippen molar-refractivity contribution in [3.63, 3.8) is 0 Å². The molecule has 6 nitrogen and oxygen atoms in total. The first-order valence-electron chi connectivity index (χ1n) is 8.30. The van der Waals surface area contributed by atoms with Crippen LogP contribution in [0.5, 0.6) is 0 Å². The molecule has 3 heterocycles. The lowest BCUT2D eigenvalue weighted by Crippen LogP contribution is -2.41. The standard InChI is InChI=1S/C18H17ClN4O2S/c19-14-4-1-3-13(11-14)17-21-12-16(22-17)15-5-2-6-20-18(15)23-7-9-26(24,25)10-8-23/h1-6,11H,7-10,12H2. The van der Waals surface area contributed by atoms with Crippen LogP contribution in [-0.4, -0.2) is 56.1 Å². The van der Waals surface area contributed by atoms with Crippen molar-refractivity contribution in [2.45, 2.75) is 0 Å². The normalized spacial score (nSPS) is 19.2. The van der Waals surface area contributed by atoms with Gasteiger partial charge in [0.25, 0.3) is 0 Å². The molecule has 0 radical (unpaired) electrons. The minimum absolute atomic E-state index is 0.153. The summed E-state index contributed by atoms with van der Waals surface area (Å²) >= 11 is 6.06. The zero-order valence-electron chi connectivity index (χ0n) is 14.0. The first kappa shape index (κ1) is 17.2. The Morgan fingerprint density at radius 1 is 1.08 bits per heavy atom. The number of hydrogen-bond donors (Lipinski definition) is 0. The third-order valence-electron chi connectivity index (χ3n) is 4.44. The first-order valence-corrected chi connectivity index (χ1v) is 10.5. The number of rotatable bonds is 3. The first-order chi connectivity index (χ1) is 12.5. The molecule has 0 N–H and O–H groups in total. The summed E-state index contributed by atoms with van der Waals surface area (Å²) in [6.45, 7) is 1.36. The minimum atomic E-state index is -2.94. The molecule has 1 aromatic heterocycles. The van der Waals surface area contributed by atoms with Crippen molar-refractivity contribution < 1.29 is 8.42 Å². The largest absolute Gasteiger partial charge is 0.354 e. The number of pyridine rings is 1. The number of nitrogens with zero attached hydrogens (tertiary/aromatic N) is 4. The van der Waals surface area contributed by atoms with Crippen molar-refractivity contribution in [3.05, 3.63) is 58.7 Å². The highest BCUT2D eigenvalue weighted by Crippen LogP contribution is 2.23. The van der Waals surface area contributed by atoms with E-state index in [0.29, 0.717) is 30.5 Å². The molecule has 1 fully saturated rings. The average molecular weight is 389 g/mol. The van der Waals surface area contributed by atoms with Gasteiger partial charge in [-0.3, -0.25) is 4.99 Å². The fraction of sp³-hybridized carbons (Fsp3) is 0.278. The predicted molar refractivity (Wildman–Crippen MR) is 104 cm³/mol. The number of benzene rings is 1. The second-order valence-corrected chi connectivity index (χ2v) is 8.96. The van der Waals surface area contributed by atoms with E-state index in [1.165, 1.54) is 0 Å². The molecule has 0 spiro atoms. The Hall–Kier alpha value is -2.25. The summed E-state index contributed by atoms with van der Waals surface area (Å²) in [7, 11) is -2.94. The van der Waals surface area contributed by atoms with Crippen LogP contribution in [0.4, 0.5) is 5.82 Å². The van der Waals surface area contributed by atoms with Crippen molar-refractivity contribution in [1.29, 1.82) is 0 Å². The Morgan fingerprint density at radius 2 is 1.88 bits per heavy atom. The zero-order chi connectivity index (χ0) is 18.1. The highest BCUT2D eigenvalue weighted by molar-refractivity contribution is 7.91. The molecule has 4 rings (SSSR count). The van der Waals surface area contributed by atoms with Crippen molar-refractivity contribution in [2.24, 2.45) is 9.98 Å². The summed E-state index contributed by atoms with van der Waals surface area (Å²) in [5, 5.41) is 0.644. The number of aromatic nitrogens is 1. The van der Waals surface area contributed by atoms with Gasteiger partial charge in [-0.15, -0.1) is 0 Å². The molecule has 2 aliphatic heterocycles. The molecule has 1 aromatic carbocycles. The highest BCUT2D eigenvalue weighted by Gasteiger charge is 2.26. The van der Waals surface area contributed by atoms with Gasteiger partial charge in [-0.2, -0.15) is 0 Å². The van der Waals surface area contributed by atoms with E-state index in [4.69, 9.17) is 11.6 Å². The van der Waals surface area contributed by atoms with E-state index in [9.17, 15) is 8.42 Å². The van der Waals surface area contributed by atoms with Gasteiger partial charge in [0, 0.05) is 35.4 Å². The summed E-state index contributed by atoms with van der Waals surface area (Å²) in [4.78, 5) is 15.7. The van der Waals surface area contributed by atoms with Crippen LogP contribution in [0, 0.1) is 0 Å². The Kier molecular flexibility index (Phi) is 4.50. The van der Waals surface area contributed by atoms with Gasteiger partial charge in [0.15, 0.2) is 15.7 Å². The van der Waals surface area contributed by atoms with Gasteiger partial charge in [0.1, 0.15) is 5.82 Å². The van der Waals surface area contributed by atoms with E-state index in [1.807, 2.05) is 41.3 Å². The third-order valence-corrected chi connectivity index (χ3v) is 6.29. The van der Waals surface area contributed by atoms with Gasteiger partial charge < -0.3 is 4.90 Å². The van der Waals surface area contributed by atoms with Crippen molar-refractivity contribution in [1.82, 2.24) is 4.98 Å². The molecule has 2 aromatic rings. The molecule has 134 valence electrons. The molecule has 0 aliphatic carbocycles. The Labute approximate surface area is 157 Å². The van der Waals surface area contributed by atoms with Gasteiger partial charge in [-0.25, -0.2) is 18.4 Å². The number of anilines is 1. The van der Waals surface area contributed by atoms with Crippen LogP contribution in [0.1, 0.15) is 11.1 Å². The molecule has 2 aliphatic rings.